The van der Waals surface area contributed by atoms with Crippen LogP contribution in [0.5, 0.6) is 0 Å². The van der Waals surface area contributed by atoms with Crippen molar-refractivity contribution in [3.8, 4) is 0 Å². The van der Waals surface area contributed by atoms with Gasteiger partial charge < -0.3 is 0 Å². The molecule has 3 atom stereocenters. The number of hydrogen-bond donors (Lipinski definition) is 2. The molecule has 5 heteroatoms. The van der Waals surface area contributed by atoms with Gasteiger partial charge in [-0.2, -0.15) is 13.2 Å². The number of halogens is 3. The van der Waals surface area contributed by atoms with Crippen LogP contribution in [0.3, 0.4) is 0 Å². The number of nitrogens with two attached hydrogens (primary N) is 1. The predicted octanol–water partition coefficient (Wildman–Crippen LogP) is 3.26. The van der Waals surface area contributed by atoms with Crippen molar-refractivity contribution in [2.75, 3.05) is 0 Å². The molecule has 0 bridgehead atoms. The molecular formula is C14H17F3N2. The number of hydrogen-bond acceptors (Lipinski definition) is 2. The second-order valence-electron chi connectivity index (χ2n) is 5.60. The SMILES string of the molecule is NNC(c1cccc(C(F)(F)F)c1)C1C2CCCC21. The fraction of sp³-hybridized carbons (Fsp3) is 0.571. The van der Waals surface area contributed by atoms with Crippen molar-refractivity contribution < 1.29 is 13.2 Å². The van der Waals surface area contributed by atoms with Crippen LogP contribution in [0.25, 0.3) is 0 Å². The predicted molar refractivity (Wildman–Crippen MR) is 65.8 cm³/mol. The Morgan fingerprint density at radius 1 is 1.21 bits per heavy atom. The van der Waals surface area contributed by atoms with Crippen LogP contribution < -0.4 is 11.3 Å². The van der Waals surface area contributed by atoms with Crippen molar-refractivity contribution in [2.24, 2.45) is 23.6 Å². The molecule has 2 aliphatic rings. The lowest BCUT2D eigenvalue weighted by Gasteiger charge is -2.19. The fourth-order valence-corrected chi connectivity index (χ4v) is 3.71. The number of alkyl halides is 3. The smallest absolute Gasteiger partial charge is 0.271 e. The summed E-state index contributed by atoms with van der Waals surface area (Å²) in [5.74, 6) is 7.28. The zero-order chi connectivity index (χ0) is 13.6. The van der Waals surface area contributed by atoms with Crippen molar-refractivity contribution in [1.82, 2.24) is 5.43 Å². The van der Waals surface area contributed by atoms with E-state index in [0.717, 1.165) is 6.07 Å². The van der Waals surface area contributed by atoms with E-state index in [1.807, 2.05) is 0 Å². The van der Waals surface area contributed by atoms with Crippen LogP contribution in [0, 0.1) is 17.8 Å². The van der Waals surface area contributed by atoms with E-state index in [4.69, 9.17) is 5.84 Å². The Balaban J connectivity index is 1.84. The molecule has 3 unspecified atom stereocenters. The second-order valence-corrected chi connectivity index (χ2v) is 5.60. The van der Waals surface area contributed by atoms with Gasteiger partial charge in [-0.25, -0.2) is 0 Å². The van der Waals surface area contributed by atoms with E-state index < -0.39 is 11.7 Å². The number of hydrazine groups is 1. The number of fused-ring (bicyclic) bond motifs is 1. The van der Waals surface area contributed by atoms with E-state index in [-0.39, 0.29) is 6.04 Å². The molecule has 2 saturated carbocycles. The highest BCUT2D eigenvalue weighted by atomic mass is 19.4. The van der Waals surface area contributed by atoms with Crippen molar-refractivity contribution in [1.29, 1.82) is 0 Å². The average molecular weight is 270 g/mol. The summed E-state index contributed by atoms with van der Waals surface area (Å²) in [4.78, 5) is 0. The fourth-order valence-electron chi connectivity index (χ4n) is 3.71. The number of benzene rings is 1. The van der Waals surface area contributed by atoms with Gasteiger partial charge in [0.2, 0.25) is 0 Å². The molecule has 19 heavy (non-hydrogen) atoms. The minimum Gasteiger partial charge on any atom is -0.271 e. The van der Waals surface area contributed by atoms with Gasteiger partial charge in [0, 0.05) is 6.04 Å². The molecule has 3 N–H and O–H groups in total. The lowest BCUT2D eigenvalue weighted by molar-refractivity contribution is -0.137. The van der Waals surface area contributed by atoms with E-state index in [0.29, 0.717) is 23.3 Å². The Labute approximate surface area is 110 Å². The summed E-state index contributed by atoms with van der Waals surface area (Å²) in [6.45, 7) is 0. The Morgan fingerprint density at radius 3 is 2.47 bits per heavy atom. The van der Waals surface area contributed by atoms with Crippen molar-refractivity contribution in [3.63, 3.8) is 0 Å². The van der Waals surface area contributed by atoms with Gasteiger partial charge in [-0.1, -0.05) is 18.6 Å². The molecule has 0 aliphatic heterocycles. The molecule has 3 rings (SSSR count). The van der Waals surface area contributed by atoms with E-state index in [1.165, 1.54) is 31.4 Å². The number of nitrogens with one attached hydrogen (secondary N) is 1. The first-order chi connectivity index (χ1) is 9.02. The summed E-state index contributed by atoms with van der Waals surface area (Å²) in [6, 6.07) is 5.36. The first-order valence-electron chi connectivity index (χ1n) is 6.65. The quantitative estimate of drug-likeness (QED) is 0.653. The Morgan fingerprint density at radius 2 is 1.89 bits per heavy atom. The van der Waals surface area contributed by atoms with Gasteiger partial charge in [-0.3, -0.25) is 11.3 Å². The highest BCUT2D eigenvalue weighted by molar-refractivity contribution is 5.30. The topological polar surface area (TPSA) is 38.0 Å². The van der Waals surface area contributed by atoms with E-state index in [2.05, 4.69) is 5.43 Å². The molecule has 104 valence electrons. The summed E-state index contributed by atoms with van der Waals surface area (Å²) in [5.41, 5.74) is 2.77. The average Bonchev–Trinajstić information content (AvgIpc) is 2.84. The van der Waals surface area contributed by atoms with Gasteiger partial charge in [0.15, 0.2) is 0 Å². The van der Waals surface area contributed by atoms with Crippen LogP contribution in [0.2, 0.25) is 0 Å². The Kier molecular flexibility index (Phi) is 3.06. The van der Waals surface area contributed by atoms with Gasteiger partial charge in [0.1, 0.15) is 0 Å². The van der Waals surface area contributed by atoms with Gasteiger partial charge in [-0.05, 0) is 48.3 Å². The molecule has 0 spiro atoms. The summed E-state index contributed by atoms with van der Waals surface area (Å²) in [7, 11) is 0. The van der Waals surface area contributed by atoms with Crippen molar-refractivity contribution >= 4 is 0 Å². The van der Waals surface area contributed by atoms with Crippen molar-refractivity contribution in [2.45, 2.75) is 31.5 Å². The zero-order valence-electron chi connectivity index (χ0n) is 10.5. The molecular weight excluding hydrogens is 253 g/mol. The minimum absolute atomic E-state index is 0.155. The standard InChI is InChI=1S/C14H17F3N2/c15-14(16,17)9-4-1-3-8(7-9)13(19-18)12-10-5-2-6-11(10)12/h1,3-4,7,10-13,19H,2,5-6,18H2. The summed E-state index contributed by atoms with van der Waals surface area (Å²) in [6.07, 6.45) is -0.681. The third kappa shape index (κ3) is 2.25. The molecule has 0 heterocycles. The van der Waals surface area contributed by atoms with Crippen LogP contribution >= 0.6 is 0 Å². The van der Waals surface area contributed by atoms with Crippen LogP contribution in [0.15, 0.2) is 24.3 Å². The molecule has 0 aromatic heterocycles. The molecule has 0 radical (unpaired) electrons. The zero-order valence-corrected chi connectivity index (χ0v) is 10.5. The Hall–Kier alpha value is -1.07. The third-order valence-corrected chi connectivity index (χ3v) is 4.61. The first kappa shape index (κ1) is 12.9. The maximum Gasteiger partial charge on any atom is 0.416 e. The normalized spacial score (nSPS) is 31.1. The maximum atomic E-state index is 12.7. The summed E-state index contributed by atoms with van der Waals surface area (Å²) in [5, 5.41) is 0. The molecule has 1 aromatic rings. The third-order valence-electron chi connectivity index (χ3n) is 4.61. The van der Waals surface area contributed by atoms with Gasteiger partial charge >= 0.3 is 6.18 Å². The largest absolute Gasteiger partial charge is 0.416 e. The Bertz CT molecular complexity index is 462. The number of rotatable bonds is 3. The maximum absolute atomic E-state index is 12.7. The van der Waals surface area contributed by atoms with E-state index in [9.17, 15) is 13.2 Å². The highest BCUT2D eigenvalue weighted by Crippen LogP contribution is 2.62. The van der Waals surface area contributed by atoms with Crippen LogP contribution in [-0.4, -0.2) is 0 Å². The minimum atomic E-state index is -4.30. The highest BCUT2D eigenvalue weighted by Gasteiger charge is 2.56. The molecule has 0 amide bonds. The molecule has 2 aliphatic carbocycles. The lowest BCUT2D eigenvalue weighted by Crippen LogP contribution is -2.31. The van der Waals surface area contributed by atoms with Crippen molar-refractivity contribution in [3.05, 3.63) is 35.4 Å². The molecule has 2 nitrogen and oxygen atoms in total. The molecule has 1 aromatic carbocycles. The van der Waals surface area contributed by atoms with Crippen LogP contribution in [0.4, 0.5) is 13.2 Å². The van der Waals surface area contributed by atoms with E-state index in [1.54, 1.807) is 6.07 Å². The van der Waals surface area contributed by atoms with Gasteiger partial charge in [-0.15, -0.1) is 0 Å². The van der Waals surface area contributed by atoms with Gasteiger partial charge in [0.05, 0.1) is 5.56 Å². The van der Waals surface area contributed by atoms with Crippen LogP contribution in [-0.2, 0) is 6.18 Å². The monoisotopic (exact) mass is 270 g/mol. The molecule has 0 saturated heterocycles. The van der Waals surface area contributed by atoms with Crippen LogP contribution in [0.1, 0.15) is 36.4 Å². The summed E-state index contributed by atoms with van der Waals surface area (Å²) < 4.78 is 38.2. The van der Waals surface area contributed by atoms with E-state index >= 15 is 0 Å². The lowest BCUT2D eigenvalue weighted by atomic mass is 9.96. The molecule has 2 fully saturated rings. The van der Waals surface area contributed by atoms with Gasteiger partial charge in [0.25, 0.3) is 0 Å². The second kappa shape index (κ2) is 4.49. The first-order valence-corrected chi connectivity index (χ1v) is 6.65. The summed E-state index contributed by atoms with van der Waals surface area (Å²) >= 11 is 0.